The maximum atomic E-state index is 4.61. The molecule has 3 rings (SSSR count). The Labute approximate surface area is 77.4 Å². The molecule has 0 aromatic carbocycles. The smallest absolute Gasteiger partial charge is 0.154 e. The molecule has 1 N–H and O–H groups in total. The Morgan fingerprint density at radius 3 is 2.62 bits per heavy atom. The molecular weight excluding hydrogens is 164 g/mol. The number of aryl methyl sites for hydroxylation is 1. The van der Waals surface area contributed by atoms with Gasteiger partial charge in [0.2, 0.25) is 0 Å². The molecule has 0 spiro atoms. The van der Waals surface area contributed by atoms with Crippen molar-refractivity contribution >= 4 is 0 Å². The van der Waals surface area contributed by atoms with Gasteiger partial charge in [-0.05, 0) is 12.8 Å². The average Bonchev–Trinajstić information content (AvgIpc) is 2.76. The molecule has 13 heavy (non-hydrogen) atoms. The second-order valence-electron chi connectivity index (χ2n) is 4.08. The molecule has 0 amide bonds. The van der Waals surface area contributed by atoms with E-state index in [2.05, 4.69) is 15.4 Å². The van der Waals surface area contributed by atoms with Gasteiger partial charge in [-0.1, -0.05) is 0 Å². The van der Waals surface area contributed by atoms with Crippen molar-refractivity contribution in [1.29, 1.82) is 0 Å². The summed E-state index contributed by atoms with van der Waals surface area (Å²) in [6.45, 7) is 2.13. The Balaban J connectivity index is 1.90. The van der Waals surface area contributed by atoms with E-state index in [1.165, 1.54) is 18.7 Å². The molecule has 70 valence electrons. The minimum Gasteiger partial charge on any atom is -0.315 e. The van der Waals surface area contributed by atoms with Crippen molar-refractivity contribution in [3.8, 4) is 0 Å². The first-order chi connectivity index (χ1) is 6.34. The van der Waals surface area contributed by atoms with Crippen molar-refractivity contribution < 1.29 is 0 Å². The molecule has 2 fully saturated rings. The molecule has 4 nitrogen and oxygen atoms in total. The molecule has 2 aliphatic rings. The summed E-state index contributed by atoms with van der Waals surface area (Å²) in [6, 6.07) is 0. The molecular formula is C9H14N4. The normalized spacial score (nSPS) is 23.2. The molecule has 1 aliphatic carbocycles. The summed E-state index contributed by atoms with van der Waals surface area (Å²) < 4.78 is 1.96. The fourth-order valence-corrected chi connectivity index (χ4v) is 1.76. The number of nitrogens with zero attached hydrogens (tertiary/aromatic N) is 3. The number of hydrogen-bond acceptors (Lipinski definition) is 3. The minimum absolute atomic E-state index is 0.602. The van der Waals surface area contributed by atoms with Crippen LogP contribution in [0.25, 0.3) is 0 Å². The van der Waals surface area contributed by atoms with Crippen LogP contribution in [0.15, 0.2) is 0 Å². The molecule has 0 unspecified atom stereocenters. The Morgan fingerprint density at radius 2 is 2.08 bits per heavy atom. The largest absolute Gasteiger partial charge is 0.315 e. The third-order valence-electron chi connectivity index (χ3n) is 2.90. The molecule has 1 saturated heterocycles. The number of hydrogen-bond donors (Lipinski definition) is 1. The Kier molecular flexibility index (Phi) is 1.47. The zero-order valence-electron chi connectivity index (χ0n) is 7.82. The first-order valence-electron chi connectivity index (χ1n) is 4.96. The highest BCUT2D eigenvalue weighted by atomic mass is 15.3. The fraction of sp³-hybridized carbons (Fsp3) is 0.778. The van der Waals surface area contributed by atoms with Gasteiger partial charge in [0, 0.05) is 32.0 Å². The number of aromatic nitrogens is 3. The summed E-state index contributed by atoms with van der Waals surface area (Å²) in [5.74, 6) is 3.52. The van der Waals surface area contributed by atoms with Gasteiger partial charge in [-0.15, -0.1) is 0 Å². The monoisotopic (exact) mass is 178 g/mol. The highest BCUT2D eigenvalue weighted by molar-refractivity contribution is 5.11. The van der Waals surface area contributed by atoms with Gasteiger partial charge in [-0.25, -0.2) is 4.98 Å². The highest BCUT2D eigenvalue weighted by Crippen LogP contribution is 2.38. The second-order valence-corrected chi connectivity index (χ2v) is 4.08. The lowest BCUT2D eigenvalue weighted by molar-refractivity contribution is 0.416. The van der Waals surface area contributed by atoms with Gasteiger partial charge < -0.3 is 5.32 Å². The minimum atomic E-state index is 0.602. The zero-order valence-corrected chi connectivity index (χ0v) is 7.82. The van der Waals surface area contributed by atoms with Crippen LogP contribution in [0.2, 0.25) is 0 Å². The van der Waals surface area contributed by atoms with E-state index in [-0.39, 0.29) is 0 Å². The van der Waals surface area contributed by atoms with E-state index in [9.17, 15) is 0 Å². The van der Waals surface area contributed by atoms with Gasteiger partial charge in [0.1, 0.15) is 5.82 Å². The molecule has 2 heterocycles. The van der Waals surface area contributed by atoms with Crippen molar-refractivity contribution in [3.05, 3.63) is 11.6 Å². The number of rotatable bonds is 2. The van der Waals surface area contributed by atoms with Crippen molar-refractivity contribution in [2.75, 3.05) is 13.1 Å². The van der Waals surface area contributed by atoms with Crippen LogP contribution in [0.4, 0.5) is 0 Å². The summed E-state index contributed by atoms with van der Waals surface area (Å²) in [5.41, 5.74) is 0. The second kappa shape index (κ2) is 2.54. The maximum absolute atomic E-state index is 4.61. The molecule has 1 aromatic heterocycles. The molecule has 1 aromatic rings. The van der Waals surface area contributed by atoms with Crippen LogP contribution in [0.5, 0.6) is 0 Å². The van der Waals surface area contributed by atoms with Crippen LogP contribution in [0.1, 0.15) is 36.3 Å². The Bertz CT molecular complexity index is 322. The van der Waals surface area contributed by atoms with Gasteiger partial charge in [-0.3, -0.25) is 4.68 Å². The van der Waals surface area contributed by atoms with Crippen LogP contribution < -0.4 is 5.32 Å². The van der Waals surface area contributed by atoms with Crippen molar-refractivity contribution in [2.24, 2.45) is 7.05 Å². The van der Waals surface area contributed by atoms with Gasteiger partial charge >= 0.3 is 0 Å². The van der Waals surface area contributed by atoms with Crippen LogP contribution in [-0.2, 0) is 7.05 Å². The van der Waals surface area contributed by atoms with Crippen LogP contribution in [0, 0.1) is 0 Å². The SMILES string of the molecule is Cn1nc(C2CC2)nc1C1CNC1. The van der Waals surface area contributed by atoms with Gasteiger partial charge in [0.15, 0.2) is 5.82 Å². The third kappa shape index (κ3) is 1.16. The molecule has 1 saturated carbocycles. The lowest BCUT2D eigenvalue weighted by Gasteiger charge is -2.25. The fourth-order valence-electron chi connectivity index (χ4n) is 1.76. The lowest BCUT2D eigenvalue weighted by Crippen LogP contribution is -2.41. The zero-order chi connectivity index (χ0) is 8.84. The highest BCUT2D eigenvalue weighted by Gasteiger charge is 2.31. The van der Waals surface area contributed by atoms with E-state index in [1.807, 2.05) is 11.7 Å². The van der Waals surface area contributed by atoms with Crippen molar-refractivity contribution in [3.63, 3.8) is 0 Å². The Hall–Kier alpha value is -0.900. The van der Waals surface area contributed by atoms with Crippen LogP contribution in [-0.4, -0.2) is 27.9 Å². The molecule has 0 bridgehead atoms. The van der Waals surface area contributed by atoms with E-state index < -0.39 is 0 Å². The van der Waals surface area contributed by atoms with E-state index in [4.69, 9.17) is 0 Å². The van der Waals surface area contributed by atoms with Crippen LogP contribution in [0.3, 0.4) is 0 Å². The quantitative estimate of drug-likeness (QED) is 0.712. The predicted octanol–water partition coefficient (Wildman–Crippen LogP) is 0.379. The molecule has 1 aliphatic heterocycles. The predicted molar refractivity (Wildman–Crippen MR) is 48.6 cm³/mol. The van der Waals surface area contributed by atoms with E-state index in [1.54, 1.807) is 0 Å². The number of nitrogens with one attached hydrogen (secondary N) is 1. The molecule has 4 heteroatoms. The summed E-state index contributed by atoms with van der Waals surface area (Å²) in [6.07, 6.45) is 2.57. The van der Waals surface area contributed by atoms with Crippen LogP contribution >= 0.6 is 0 Å². The Morgan fingerprint density at radius 1 is 1.31 bits per heavy atom. The maximum Gasteiger partial charge on any atom is 0.154 e. The molecule has 0 atom stereocenters. The summed E-state index contributed by atoms with van der Waals surface area (Å²) in [5, 5.41) is 7.71. The van der Waals surface area contributed by atoms with Gasteiger partial charge in [0.05, 0.1) is 0 Å². The van der Waals surface area contributed by atoms with Crippen molar-refractivity contribution in [2.45, 2.75) is 24.7 Å². The third-order valence-corrected chi connectivity index (χ3v) is 2.90. The standard InChI is InChI=1S/C9H14N4/c1-13-9(7-4-10-5-7)11-8(12-13)6-2-3-6/h6-7,10H,2-5H2,1H3. The first kappa shape index (κ1) is 7.50. The van der Waals surface area contributed by atoms with E-state index in [0.717, 1.165) is 18.9 Å². The first-order valence-corrected chi connectivity index (χ1v) is 4.96. The topological polar surface area (TPSA) is 42.7 Å². The summed E-state index contributed by atoms with van der Waals surface area (Å²) in [7, 11) is 2.01. The lowest BCUT2D eigenvalue weighted by atomic mass is 10.0. The molecule has 0 radical (unpaired) electrons. The van der Waals surface area contributed by atoms with E-state index in [0.29, 0.717) is 11.8 Å². The van der Waals surface area contributed by atoms with Crippen molar-refractivity contribution in [1.82, 2.24) is 20.1 Å². The summed E-state index contributed by atoms with van der Waals surface area (Å²) in [4.78, 5) is 4.61. The summed E-state index contributed by atoms with van der Waals surface area (Å²) >= 11 is 0. The van der Waals surface area contributed by atoms with Gasteiger partial charge in [0.25, 0.3) is 0 Å². The van der Waals surface area contributed by atoms with Gasteiger partial charge in [-0.2, -0.15) is 5.10 Å². The van der Waals surface area contributed by atoms with E-state index >= 15 is 0 Å². The average molecular weight is 178 g/mol.